The van der Waals surface area contributed by atoms with E-state index in [2.05, 4.69) is 69.2 Å². The van der Waals surface area contributed by atoms with Crippen molar-refractivity contribution < 1.29 is 0 Å². The summed E-state index contributed by atoms with van der Waals surface area (Å²) in [5.74, 6) is 9.35. The first kappa shape index (κ1) is 14.5. The summed E-state index contributed by atoms with van der Waals surface area (Å²) in [6.45, 7) is 14.2. The van der Waals surface area contributed by atoms with E-state index < -0.39 is 8.07 Å². The quantitative estimate of drug-likeness (QED) is 0.504. The molecule has 0 nitrogen and oxygen atoms in total. The van der Waals surface area contributed by atoms with Crippen LogP contribution in [0.15, 0.2) is 0 Å². The SMILES string of the molecule is CC#CC1([Si](C)(C)C(C)(C)C)SCCCS1. The van der Waals surface area contributed by atoms with Gasteiger partial charge in [0.2, 0.25) is 0 Å². The summed E-state index contributed by atoms with van der Waals surface area (Å²) >= 11 is 4.24. The molecule has 0 aromatic rings. The van der Waals surface area contributed by atoms with Crippen LogP contribution in [-0.2, 0) is 0 Å². The maximum absolute atomic E-state index is 3.58. The molecule has 0 spiro atoms. The first-order chi connectivity index (χ1) is 7.27. The van der Waals surface area contributed by atoms with Crippen molar-refractivity contribution in [3.05, 3.63) is 0 Å². The minimum Gasteiger partial charge on any atom is -0.135 e. The standard InChI is InChI=1S/C13H24S2Si/c1-7-9-13(14-10-8-11-15-13)16(5,6)12(2,3)4/h8,10-11H2,1-6H3. The van der Waals surface area contributed by atoms with Gasteiger partial charge in [0.15, 0.2) is 0 Å². The first-order valence-corrected chi connectivity index (χ1v) is 11.0. The van der Waals surface area contributed by atoms with E-state index in [1.165, 1.54) is 17.9 Å². The van der Waals surface area contributed by atoms with E-state index in [0.29, 0.717) is 5.04 Å². The Bertz CT molecular complexity index is 298. The Kier molecular flexibility index (Phi) is 4.54. The molecule has 0 bridgehead atoms. The van der Waals surface area contributed by atoms with Gasteiger partial charge < -0.3 is 0 Å². The summed E-state index contributed by atoms with van der Waals surface area (Å²) in [4.78, 5) is 0. The maximum atomic E-state index is 3.58. The van der Waals surface area contributed by atoms with Gasteiger partial charge in [-0.15, -0.1) is 29.4 Å². The molecule has 0 aliphatic carbocycles. The summed E-state index contributed by atoms with van der Waals surface area (Å²) in [6, 6.07) is 0. The molecule has 0 amide bonds. The van der Waals surface area contributed by atoms with Crippen molar-refractivity contribution in [2.75, 3.05) is 11.5 Å². The Morgan fingerprint density at radius 3 is 2.00 bits per heavy atom. The highest BCUT2D eigenvalue weighted by Crippen LogP contribution is 2.55. The average Bonchev–Trinajstić information content (AvgIpc) is 2.17. The maximum Gasteiger partial charge on any atom is 0.110 e. The van der Waals surface area contributed by atoms with Gasteiger partial charge in [0.05, 0.1) is 8.07 Å². The summed E-state index contributed by atoms with van der Waals surface area (Å²) in [7, 11) is -1.42. The third kappa shape index (κ3) is 2.49. The van der Waals surface area contributed by atoms with Crippen molar-refractivity contribution in [1.82, 2.24) is 0 Å². The van der Waals surface area contributed by atoms with Crippen LogP contribution >= 0.6 is 23.5 Å². The Hall–Kier alpha value is 0.477. The van der Waals surface area contributed by atoms with Crippen LogP contribution < -0.4 is 0 Å². The molecule has 0 radical (unpaired) electrons. The molecule has 0 aromatic carbocycles. The summed E-state index contributed by atoms with van der Waals surface area (Å²) in [5, 5.41) is 0.411. The Morgan fingerprint density at radius 2 is 1.62 bits per heavy atom. The van der Waals surface area contributed by atoms with Gasteiger partial charge in [-0.2, -0.15) is 0 Å². The predicted molar refractivity (Wildman–Crippen MR) is 82.9 cm³/mol. The van der Waals surface area contributed by atoms with E-state index in [4.69, 9.17) is 0 Å². The number of hydrogen-bond donors (Lipinski definition) is 0. The van der Waals surface area contributed by atoms with Crippen LogP contribution in [0.3, 0.4) is 0 Å². The minimum atomic E-state index is -1.42. The molecule has 92 valence electrons. The fourth-order valence-electron chi connectivity index (χ4n) is 1.78. The molecular formula is C13H24S2Si. The van der Waals surface area contributed by atoms with Crippen molar-refractivity contribution in [2.45, 2.75) is 56.0 Å². The molecule has 1 aliphatic heterocycles. The van der Waals surface area contributed by atoms with Gasteiger partial charge in [0, 0.05) is 0 Å². The second kappa shape index (κ2) is 5.00. The molecule has 1 saturated heterocycles. The molecule has 0 saturated carbocycles. The lowest BCUT2D eigenvalue weighted by Crippen LogP contribution is -2.56. The first-order valence-electron chi connectivity index (χ1n) is 5.99. The highest BCUT2D eigenvalue weighted by Gasteiger charge is 2.54. The predicted octanol–water partition coefficient (Wildman–Crippen LogP) is 4.62. The molecular weight excluding hydrogens is 248 g/mol. The number of thioether (sulfide) groups is 2. The second-order valence-electron chi connectivity index (χ2n) is 5.92. The molecule has 16 heavy (non-hydrogen) atoms. The molecule has 1 rings (SSSR count). The molecule has 1 fully saturated rings. The van der Waals surface area contributed by atoms with Crippen LogP contribution in [0, 0.1) is 11.8 Å². The molecule has 0 aromatic heterocycles. The topological polar surface area (TPSA) is 0 Å². The third-order valence-corrected chi connectivity index (χ3v) is 16.0. The van der Waals surface area contributed by atoms with Gasteiger partial charge in [-0.1, -0.05) is 39.8 Å². The number of rotatable bonds is 1. The van der Waals surface area contributed by atoms with Gasteiger partial charge in [0.1, 0.15) is 3.70 Å². The molecule has 0 unspecified atom stereocenters. The van der Waals surface area contributed by atoms with Crippen molar-refractivity contribution in [2.24, 2.45) is 0 Å². The normalized spacial score (nSPS) is 21.1. The van der Waals surface area contributed by atoms with Gasteiger partial charge in [-0.25, -0.2) is 0 Å². The van der Waals surface area contributed by atoms with E-state index in [9.17, 15) is 0 Å². The largest absolute Gasteiger partial charge is 0.135 e. The lowest BCUT2D eigenvalue weighted by Gasteiger charge is -2.50. The lowest BCUT2D eigenvalue weighted by molar-refractivity contribution is 0.714. The van der Waals surface area contributed by atoms with E-state index in [1.807, 2.05) is 6.92 Å². The Balaban J connectivity index is 3.13. The van der Waals surface area contributed by atoms with Crippen molar-refractivity contribution in [3.8, 4) is 11.8 Å². The fourth-order valence-corrected chi connectivity index (χ4v) is 11.1. The van der Waals surface area contributed by atoms with E-state index in [0.717, 1.165) is 0 Å². The van der Waals surface area contributed by atoms with Gasteiger partial charge in [-0.05, 0) is 29.9 Å². The van der Waals surface area contributed by atoms with Crippen LogP contribution in [0.5, 0.6) is 0 Å². The highest BCUT2D eigenvalue weighted by atomic mass is 32.2. The van der Waals surface area contributed by atoms with Crippen LogP contribution in [0.25, 0.3) is 0 Å². The van der Waals surface area contributed by atoms with Crippen LogP contribution in [-0.4, -0.2) is 23.3 Å². The zero-order chi connectivity index (χ0) is 12.4. The molecule has 0 N–H and O–H groups in total. The minimum absolute atomic E-state index is 0.220. The van der Waals surface area contributed by atoms with Gasteiger partial charge in [0.25, 0.3) is 0 Å². The monoisotopic (exact) mass is 272 g/mol. The van der Waals surface area contributed by atoms with Crippen molar-refractivity contribution in [1.29, 1.82) is 0 Å². The van der Waals surface area contributed by atoms with Crippen molar-refractivity contribution >= 4 is 31.6 Å². The van der Waals surface area contributed by atoms with Crippen molar-refractivity contribution in [3.63, 3.8) is 0 Å². The zero-order valence-corrected chi connectivity index (χ0v) is 14.1. The molecule has 1 aliphatic rings. The van der Waals surface area contributed by atoms with E-state index in [1.54, 1.807) is 0 Å². The molecule has 1 heterocycles. The molecule has 3 heteroatoms. The van der Waals surface area contributed by atoms with Crippen LogP contribution in [0.4, 0.5) is 0 Å². The Morgan fingerprint density at radius 1 is 1.12 bits per heavy atom. The van der Waals surface area contributed by atoms with Gasteiger partial charge >= 0.3 is 0 Å². The van der Waals surface area contributed by atoms with Gasteiger partial charge in [-0.3, -0.25) is 0 Å². The highest BCUT2D eigenvalue weighted by molar-refractivity contribution is 8.21. The smallest absolute Gasteiger partial charge is 0.110 e. The Labute approximate surface area is 111 Å². The lowest BCUT2D eigenvalue weighted by atomic mass is 10.2. The van der Waals surface area contributed by atoms with Crippen LogP contribution in [0.2, 0.25) is 18.1 Å². The summed E-state index contributed by atoms with van der Waals surface area (Å²) < 4.78 is 0.220. The van der Waals surface area contributed by atoms with Crippen LogP contribution in [0.1, 0.15) is 34.1 Å². The second-order valence-corrected chi connectivity index (χ2v) is 15.0. The third-order valence-electron chi connectivity index (χ3n) is 3.89. The van der Waals surface area contributed by atoms with E-state index >= 15 is 0 Å². The summed E-state index contributed by atoms with van der Waals surface area (Å²) in [5.41, 5.74) is 0. The fraction of sp³-hybridized carbons (Fsp3) is 0.846. The average molecular weight is 273 g/mol. The van der Waals surface area contributed by atoms with E-state index in [-0.39, 0.29) is 3.70 Å². The summed E-state index contributed by atoms with van der Waals surface area (Å²) in [6.07, 6.45) is 1.34. The molecule has 0 atom stereocenters. The number of hydrogen-bond acceptors (Lipinski definition) is 2. The zero-order valence-electron chi connectivity index (χ0n) is 11.4.